The highest BCUT2D eigenvalue weighted by Gasteiger charge is 2.33. The first-order valence-corrected chi connectivity index (χ1v) is 7.55. The van der Waals surface area contributed by atoms with Gasteiger partial charge in [-0.15, -0.1) is 0 Å². The smallest absolute Gasteiger partial charge is 0.227 e. The zero-order chi connectivity index (χ0) is 15.0. The Kier molecular flexibility index (Phi) is 3.72. The fourth-order valence-corrected chi connectivity index (χ4v) is 3.38. The van der Waals surface area contributed by atoms with Crippen molar-refractivity contribution in [2.24, 2.45) is 5.92 Å². The third kappa shape index (κ3) is 2.68. The summed E-state index contributed by atoms with van der Waals surface area (Å²) >= 11 is 0. The number of hydrogen-bond donors (Lipinski definition) is 1. The number of likely N-dealkylation sites (tertiary alicyclic amines) is 1. The lowest BCUT2D eigenvalue weighted by atomic mass is 10.1. The van der Waals surface area contributed by atoms with Crippen molar-refractivity contribution in [1.82, 2.24) is 14.8 Å². The molecular weight excluding hydrogens is 262 g/mol. The van der Waals surface area contributed by atoms with Crippen LogP contribution < -0.4 is 0 Å². The van der Waals surface area contributed by atoms with Crippen molar-refractivity contribution in [3.63, 3.8) is 0 Å². The summed E-state index contributed by atoms with van der Waals surface area (Å²) < 4.78 is 0. The highest BCUT2D eigenvalue weighted by molar-refractivity contribution is 5.89. The quantitative estimate of drug-likeness (QED) is 0.938. The van der Waals surface area contributed by atoms with E-state index in [1.165, 1.54) is 0 Å². The fourth-order valence-electron chi connectivity index (χ4n) is 3.38. The second kappa shape index (κ2) is 5.53. The predicted octanol–water partition coefficient (Wildman–Crippen LogP) is 2.12. The van der Waals surface area contributed by atoms with Gasteiger partial charge in [-0.05, 0) is 31.6 Å². The molecule has 0 aliphatic carbocycles. The number of aromatic amines is 1. The van der Waals surface area contributed by atoms with Crippen LogP contribution in [0.15, 0.2) is 30.5 Å². The molecule has 0 spiro atoms. The minimum absolute atomic E-state index is 0.232. The molecule has 112 valence electrons. The normalized spacial score (nSPS) is 22.4. The summed E-state index contributed by atoms with van der Waals surface area (Å²) in [5, 5.41) is 1.15. The SMILES string of the molecule is CC1CN(C(=O)Cc2c[nH]c3ccccc23)CC1N(C)C. The average molecular weight is 285 g/mol. The predicted molar refractivity (Wildman–Crippen MR) is 85.2 cm³/mol. The monoisotopic (exact) mass is 285 g/mol. The molecule has 21 heavy (non-hydrogen) atoms. The van der Waals surface area contributed by atoms with Crippen LogP contribution in [0.1, 0.15) is 12.5 Å². The van der Waals surface area contributed by atoms with Gasteiger partial charge in [0.1, 0.15) is 0 Å². The lowest BCUT2D eigenvalue weighted by Gasteiger charge is -2.22. The van der Waals surface area contributed by atoms with Crippen LogP contribution >= 0.6 is 0 Å². The molecule has 2 aromatic rings. The maximum Gasteiger partial charge on any atom is 0.227 e. The van der Waals surface area contributed by atoms with Gasteiger partial charge >= 0.3 is 0 Å². The molecule has 4 heteroatoms. The van der Waals surface area contributed by atoms with Gasteiger partial charge in [0.25, 0.3) is 0 Å². The first kappa shape index (κ1) is 14.1. The Balaban J connectivity index is 1.72. The molecule has 2 atom stereocenters. The molecule has 1 aliphatic heterocycles. The number of fused-ring (bicyclic) bond motifs is 1. The summed E-state index contributed by atoms with van der Waals surface area (Å²) in [5.41, 5.74) is 2.19. The minimum Gasteiger partial charge on any atom is -0.361 e. The number of nitrogens with zero attached hydrogens (tertiary/aromatic N) is 2. The summed E-state index contributed by atoms with van der Waals surface area (Å²) in [6.07, 6.45) is 2.45. The summed E-state index contributed by atoms with van der Waals surface area (Å²) in [6.45, 7) is 3.93. The summed E-state index contributed by atoms with van der Waals surface area (Å²) in [6, 6.07) is 8.61. The zero-order valence-electron chi connectivity index (χ0n) is 13.0. The number of aromatic nitrogens is 1. The molecule has 0 radical (unpaired) electrons. The lowest BCUT2D eigenvalue weighted by molar-refractivity contribution is -0.129. The molecule has 0 bridgehead atoms. The van der Waals surface area contributed by atoms with Crippen molar-refractivity contribution in [2.75, 3.05) is 27.2 Å². The number of nitrogens with one attached hydrogen (secondary N) is 1. The van der Waals surface area contributed by atoms with Gasteiger partial charge in [0, 0.05) is 36.2 Å². The van der Waals surface area contributed by atoms with E-state index in [-0.39, 0.29) is 5.91 Å². The first-order chi connectivity index (χ1) is 10.1. The third-order valence-corrected chi connectivity index (χ3v) is 4.61. The van der Waals surface area contributed by atoms with E-state index in [1.54, 1.807) is 0 Å². The van der Waals surface area contributed by atoms with Gasteiger partial charge in [-0.1, -0.05) is 25.1 Å². The van der Waals surface area contributed by atoms with E-state index in [1.807, 2.05) is 29.3 Å². The topological polar surface area (TPSA) is 39.3 Å². The van der Waals surface area contributed by atoms with E-state index in [9.17, 15) is 4.79 Å². The van der Waals surface area contributed by atoms with Crippen LogP contribution in [0.3, 0.4) is 0 Å². The molecule has 1 saturated heterocycles. The number of benzene rings is 1. The van der Waals surface area contributed by atoms with Crippen LogP contribution in [-0.4, -0.2) is 53.9 Å². The first-order valence-electron chi connectivity index (χ1n) is 7.55. The molecule has 1 amide bonds. The van der Waals surface area contributed by atoms with E-state index in [0.29, 0.717) is 18.4 Å². The van der Waals surface area contributed by atoms with Crippen LogP contribution in [0, 0.1) is 5.92 Å². The van der Waals surface area contributed by atoms with Gasteiger partial charge in [-0.25, -0.2) is 0 Å². The van der Waals surface area contributed by atoms with E-state index >= 15 is 0 Å². The molecule has 1 aromatic heterocycles. The van der Waals surface area contributed by atoms with Gasteiger partial charge in [-0.2, -0.15) is 0 Å². The van der Waals surface area contributed by atoms with Crippen molar-refractivity contribution in [2.45, 2.75) is 19.4 Å². The second-order valence-corrected chi connectivity index (χ2v) is 6.34. The third-order valence-electron chi connectivity index (χ3n) is 4.61. The molecule has 0 saturated carbocycles. The fraction of sp³-hybridized carbons (Fsp3) is 0.471. The molecule has 1 aromatic carbocycles. The molecule has 1 aliphatic rings. The van der Waals surface area contributed by atoms with Crippen molar-refractivity contribution >= 4 is 16.8 Å². The van der Waals surface area contributed by atoms with Crippen molar-refractivity contribution in [3.8, 4) is 0 Å². The largest absolute Gasteiger partial charge is 0.361 e. The van der Waals surface area contributed by atoms with Crippen LogP contribution in [0.4, 0.5) is 0 Å². The van der Waals surface area contributed by atoms with Gasteiger partial charge in [0.2, 0.25) is 5.91 Å². The highest BCUT2D eigenvalue weighted by Crippen LogP contribution is 2.23. The van der Waals surface area contributed by atoms with E-state index in [2.05, 4.69) is 37.0 Å². The molecule has 1 fully saturated rings. The van der Waals surface area contributed by atoms with Gasteiger partial charge in [0.15, 0.2) is 0 Å². The van der Waals surface area contributed by atoms with E-state index in [0.717, 1.165) is 29.6 Å². The number of carbonyl (C=O) groups is 1. The summed E-state index contributed by atoms with van der Waals surface area (Å²) in [7, 11) is 4.18. The Morgan fingerprint density at radius 3 is 2.81 bits per heavy atom. The lowest BCUT2D eigenvalue weighted by Crippen LogP contribution is -2.36. The molecule has 4 nitrogen and oxygen atoms in total. The number of rotatable bonds is 3. The number of carbonyl (C=O) groups excluding carboxylic acids is 1. The van der Waals surface area contributed by atoms with E-state index in [4.69, 9.17) is 0 Å². The molecular formula is C17H23N3O. The van der Waals surface area contributed by atoms with E-state index < -0.39 is 0 Å². The van der Waals surface area contributed by atoms with Gasteiger partial charge < -0.3 is 14.8 Å². The van der Waals surface area contributed by atoms with Crippen LogP contribution in [0.25, 0.3) is 10.9 Å². The van der Waals surface area contributed by atoms with Crippen LogP contribution in [0.5, 0.6) is 0 Å². The Bertz CT molecular complexity index is 646. The van der Waals surface area contributed by atoms with Gasteiger partial charge in [0.05, 0.1) is 6.42 Å². The molecule has 2 unspecified atom stereocenters. The Hall–Kier alpha value is -1.81. The molecule has 1 N–H and O–H groups in total. The number of para-hydroxylation sites is 1. The maximum atomic E-state index is 12.6. The Morgan fingerprint density at radius 1 is 1.33 bits per heavy atom. The van der Waals surface area contributed by atoms with Gasteiger partial charge in [-0.3, -0.25) is 4.79 Å². The number of hydrogen-bond acceptors (Lipinski definition) is 2. The number of H-pyrrole nitrogens is 1. The average Bonchev–Trinajstić information content (AvgIpc) is 3.03. The molecule has 2 heterocycles. The highest BCUT2D eigenvalue weighted by atomic mass is 16.2. The Morgan fingerprint density at radius 2 is 2.10 bits per heavy atom. The van der Waals surface area contributed by atoms with Crippen LogP contribution in [-0.2, 0) is 11.2 Å². The van der Waals surface area contributed by atoms with Crippen molar-refractivity contribution < 1.29 is 4.79 Å². The second-order valence-electron chi connectivity index (χ2n) is 6.34. The molecule has 3 rings (SSSR count). The summed E-state index contributed by atoms with van der Waals surface area (Å²) in [4.78, 5) is 20.0. The van der Waals surface area contributed by atoms with Crippen molar-refractivity contribution in [3.05, 3.63) is 36.0 Å². The number of likely N-dealkylation sites (N-methyl/N-ethyl adjacent to an activating group) is 1. The Labute approximate surface area is 125 Å². The summed E-state index contributed by atoms with van der Waals surface area (Å²) in [5.74, 6) is 0.767. The van der Waals surface area contributed by atoms with Crippen molar-refractivity contribution in [1.29, 1.82) is 0 Å². The number of amides is 1. The zero-order valence-corrected chi connectivity index (χ0v) is 13.0. The minimum atomic E-state index is 0.232. The van der Waals surface area contributed by atoms with Crippen LogP contribution in [0.2, 0.25) is 0 Å². The maximum absolute atomic E-state index is 12.6. The standard InChI is InChI=1S/C17H23N3O/c1-12-10-20(11-16(12)19(2)3)17(21)8-13-9-18-15-7-5-4-6-14(13)15/h4-7,9,12,16,18H,8,10-11H2,1-3H3.